The zero-order valence-corrected chi connectivity index (χ0v) is 21.9. The Labute approximate surface area is 222 Å². The van der Waals surface area contributed by atoms with Gasteiger partial charge in [-0.15, -0.1) is 0 Å². The minimum atomic E-state index is -0.0253. The van der Waals surface area contributed by atoms with Crippen molar-refractivity contribution in [1.29, 1.82) is 0 Å². The highest BCUT2D eigenvalue weighted by atomic mass is 35.5. The fourth-order valence-electron chi connectivity index (χ4n) is 5.32. The highest BCUT2D eigenvalue weighted by molar-refractivity contribution is 8.23. The number of aromatic nitrogens is 1. The van der Waals surface area contributed by atoms with Gasteiger partial charge in [0.1, 0.15) is 4.32 Å². The summed E-state index contributed by atoms with van der Waals surface area (Å²) in [6, 6.07) is 19.1. The van der Waals surface area contributed by atoms with Crippen LogP contribution in [0.15, 0.2) is 75.2 Å². The van der Waals surface area contributed by atoms with Gasteiger partial charge in [0.15, 0.2) is 0 Å². The Hall–Kier alpha value is -2.26. The number of rotatable bonds is 2. The molecule has 9 heteroatoms. The molecule has 4 heterocycles. The fourth-order valence-corrected chi connectivity index (χ4v) is 7.56. The van der Waals surface area contributed by atoms with Crippen molar-refractivity contribution in [3.8, 4) is 0 Å². The normalized spacial score (nSPS) is 20.0. The Morgan fingerprint density at radius 2 is 1.86 bits per heavy atom. The van der Waals surface area contributed by atoms with E-state index in [1.165, 1.54) is 11.8 Å². The number of likely N-dealkylation sites (tertiary alicyclic amines) is 1. The predicted octanol–water partition coefficient (Wildman–Crippen LogP) is 5.77. The van der Waals surface area contributed by atoms with Crippen LogP contribution in [0.4, 0.5) is 11.4 Å². The molecule has 35 heavy (non-hydrogen) atoms. The Bertz CT molecular complexity index is 1410. The van der Waals surface area contributed by atoms with E-state index in [0.717, 1.165) is 57.2 Å². The lowest BCUT2D eigenvalue weighted by Crippen LogP contribution is -2.48. The van der Waals surface area contributed by atoms with Crippen molar-refractivity contribution in [3.63, 3.8) is 0 Å². The average Bonchev–Trinajstić information content (AvgIpc) is 2.86. The van der Waals surface area contributed by atoms with Gasteiger partial charge < -0.3 is 9.47 Å². The maximum atomic E-state index is 13.6. The van der Waals surface area contributed by atoms with Crippen molar-refractivity contribution in [2.45, 2.75) is 28.7 Å². The van der Waals surface area contributed by atoms with Crippen LogP contribution in [0.3, 0.4) is 0 Å². The largest absolute Gasteiger partial charge is 0.356 e. The Morgan fingerprint density at radius 3 is 2.74 bits per heavy atom. The molecule has 1 aromatic heterocycles. The zero-order chi connectivity index (χ0) is 24.1. The van der Waals surface area contributed by atoms with E-state index in [4.69, 9.17) is 23.8 Å². The molecule has 3 aliphatic heterocycles. The molecular weight excluding hydrogens is 518 g/mol. The maximum absolute atomic E-state index is 13.6. The molecule has 0 spiro atoms. The molecule has 178 valence electrons. The lowest BCUT2D eigenvalue weighted by molar-refractivity contribution is -0.115. The van der Waals surface area contributed by atoms with E-state index in [2.05, 4.69) is 11.0 Å². The van der Waals surface area contributed by atoms with Crippen molar-refractivity contribution in [2.75, 3.05) is 23.7 Å². The summed E-state index contributed by atoms with van der Waals surface area (Å²) in [5.41, 5.74) is 2.86. The second-order valence-corrected chi connectivity index (χ2v) is 12.2. The molecule has 3 aliphatic rings. The van der Waals surface area contributed by atoms with E-state index in [1.54, 1.807) is 22.7 Å². The number of carbonyl (C=O) groups is 1. The second-order valence-electron chi connectivity index (χ2n) is 9.07. The van der Waals surface area contributed by atoms with Gasteiger partial charge in [0.25, 0.3) is 5.56 Å². The van der Waals surface area contributed by atoms with Gasteiger partial charge in [-0.25, -0.2) is 0 Å². The Morgan fingerprint density at radius 1 is 1.03 bits per heavy atom. The summed E-state index contributed by atoms with van der Waals surface area (Å²) < 4.78 is 2.66. The van der Waals surface area contributed by atoms with Gasteiger partial charge >= 0.3 is 0 Å². The van der Waals surface area contributed by atoms with Gasteiger partial charge in [-0.2, -0.15) is 0 Å². The number of hydrogen-bond acceptors (Lipinski definition) is 5. The lowest BCUT2D eigenvalue weighted by Gasteiger charge is -2.43. The summed E-state index contributed by atoms with van der Waals surface area (Å²) >= 11 is 15.2. The zero-order valence-electron chi connectivity index (χ0n) is 18.7. The number of amides is 1. The molecule has 1 fully saturated rings. The average molecular weight is 540 g/mol. The van der Waals surface area contributed by atoms with Crippen LogP contribution < -0.4 is 10.5 Å². The molecular formula is C26H22ClN3O2S3. The highest BCUT2D eigenvalue weighted by Gasteiger charge is 2.36. The van der Waals surface area contributed by atoms with Crippen LogP contribution in [0.1, 0.15) is 18.0 Å². The standard InChI is InChI=1S/C26H22ClN3O2S3/c27-18-8-9-23-21(11-18)30(20-4-1-2-6-22(20)35-23)25(32)15-34-26(33)28-12-16-10-17(14-28)19-5-3-7-24(31)29(19)13-16/h1-9,11,16-17H,10,12-15H2/t16-,17+/m0/s1. The third-order valence-corrected chi connectivity index (χ3v) is 9.67. The number of halogens is 1. The molecule has 1 saturated heterocycles. The van der Waals surface area contributed by atoms with E-state index >= 15 is 0 Å². The first-order chi connectivity index (χ1) is 17.0. The monoisotopic (exact) mass is 539 g/mol. The Kier molecular flexibility index (Phi) is 6.16. The smallest absolute Gasteiger partial charge is 0.250 e. The molecule has 0 radical (unpaired) electrons. The number of thioether (sulfide) groups is 1. The summed E-state index contributed by atoms with van der Waals surface area (Å²) in [4.78, 5) is 31.9. The van der Waals surface area contributed by atoms with Crippen LogP contribution in [0.25, 0.3) is 0 Å². The predicted molar refractivity (Wildman–Crippen MR) is 147 cm³/mol. The van der Waals surface area contributed by atoms with Gasteiger partial charge in [0, 0.05) is 52.1 Å². The van der Waals surface area contributed by atoms with Crippen molar-refractivity contribution in [3.05, 3.63) is 81.7 Å². The molecule has 0 N–H and O–H groups in total. The second kappa shape index (κ2) is 9.32. The maximum Gasteiger partial charge on any atom is 0.250 e. The van der Waals surface area contributed by atoms with Gasteiger partial charge in [-0.05, 0) is 48.7 Å². The SMILES string of the molecule is O=C(CSC(=S)N1C[C@@H]2C[C@H](C1)c1cccc(=O)n1C2)N1c2ccccc2Sc2ccc(Cl)cc21. The molecule has 0 unspecified atom stereocenters. The highest BCUT2D eigenvalue weighted by Crippen LogP contribution is 2.49. The number of anilines is 2. The van der Waals surface area contributed by atoms with Crippen molar-refractivity contribution in [1.82, 2.24) is 9.47 Å². The van der Waals surface area contributed by atoms with Gasteiger partial charge in [0.2, 0.25) is 5.91 Å². The molecule has 6 rings (SSSR count). The first-order valence-electron chi connectivity index (χ1n) is 11.5. The topological polar surface area (TPSA) is 45.6 Å². The Balaban J connectivity index is 1.19. The number of pyridine rings is 1. The summed E-state index contributed by atoms with van der Waals surface area (Å²) in [6.07, 6.45) is 1.08. The van der Waals surface area contributed by atoms with Crippen LogP contribution in [-0.2, 0) is 11.3 Å². The number of carbonyl (C=O) groups excluding carboxylic acids is 1. The summed E-state index contributed by atoms with van der Waals surface area (Å²) in [5, 5.41) is 0.601. The van der Waals surface area contributed by atoms with Crippen LogP contribution in [-0.4, -0.2) is 38.5 Å². The van der Waals surface area contributed by atoms with E-state index < -0.39 is 0 Å². The molecule has 3 aromatic rings. The van der Waals surface area contributed by atoms with Crippen LogP contribution in [0.2, 0.25) is 5.02 Å². The minimum absolute atomic E-state index is 0.0253. The lowest BCUT2D eigenvalue weighted by atomic mass is 9.83. The summed E-state index contributed by atoms with van der Waals surface area (Å²) in [7, 11) is 0. The van der Waals surface area contributed by atoms with Crippen LogP contribution in [0, 0.1) is 5.92 Å². The number of piperidine rings is 1. The quantitative estimate of drug-likeness (QED) is 0.385. The number of thiocarbonyl (C=S) groups is 1. The summed E-state index contributed by atoms with van der Waals surface area (Å²) in [5.74, 6) is 0.884. The number of hydrogen-bond donors (Lipinski definition) is 0. The molecule has 5 nitrogen and oxygen atoms in total. The molecule has 0 aliphatic carbocycles. The van der Waals surface area contributed by atoms with Crippen LogP contribution >= 0.6 is 47.3 Å². The minimum Gasteiger partial charge on any atom is -0.356 e. The van der Waals surface area contributed by atoms with Gasteiger partial charge in [-0.3, -0.25) is 14.5 Å². The number of para-hydroxylation sites is 1. The fraction of sp³-hybridized carbons (Fsp3) is 0.269. The van der Waals surface area contributed by atoms with E-state index in [0.29, 0.717) is 10.9 Å². The third-order valence-electron chi connectivity index (χ3n) is 6.79. The van der Waals surface area contributed by atoms with E-state index in [9.17, 15) is 9.59 Å². The van der Waals surface area contributed by atoms with Crippen molar-refractivity contribution >= 4 is 68.9 Å². The van der Waals surface area contributed by atoms with E-state index in [-0.39, 0.29) is 23.1 Å². The van der Waals surface area contributed by atoms with Gasteiger partial charge in [0.05, 0.1) is 17.1 Å². The van der Waals surface area contributed by atoms with Crippen LogP contribution in [0.5, 0.6) is 0 Å². The first kappa shape index (κ1) is 23.2. The molecule has 2 aromatic carbocycles. The molecule has 2 bridgehead atoms. The van der Waals surface area contributed by atoms with E-state index in [1.807, 2.05) is 53.1 Å². The number of fused-ring (bicyclic) bond motifs is 6. The third kappa shape index (κ3) is 4.31. The molecule has 0 saturated carbocycles. The number of nitrogens with zero attached hydrogens (tertiary/aromatic N) is 3. The van der Waals surface area contributed by atoms with Crippen molar-refractivity contribution < 1.29 is 4.79 Å². The summed E-state index contributed by atoms with van der Waals surface area (Å²) in [6.45, 7) is 2.33. The van der Waals surface area contributed by atoms with Gasteiger partial charge in [-0.1, -0.05) is 65.5 Å². The van der Waals surface area contributed by atoms with Crippen molar-refractivity contribution in [2.24, 2.45) is 5.92 Å². The first-order valence-corrected chi connectivity index (χ1v) is 14.1. The molecule has 2 atom stereocenters. The molecule has 1 amide bonds. The number of benzene rings is 2.